The van der Waals surface area contributed by atoms with Crippen molar-refractivity contribution in [3.05, 3.63) is 106 Å². The van der Waals surface area contributed by atoms with Crippen molar-refractivity contribution < 1.29 is 13.5 Å². The summed E-state index contributed by atoms with van der Waals surface area (Å²) in [6.45, 7) is 2.95. The first-order valence-electron chi connectivity index (χ1n) is 13.2. The van der Waals surface area contributed by atoms with Crippen LogP contribution in [0.5, 0.6) is 5.75 Å². The molecule has 0 aliphatic rings. The molecule has 0 aliphatic heterocycles. The Labute approximate surface area is 223 Å². The lowest BCUT2D eigenvalue weighted by Crippen LogP contribution is -2.00. The molecule has 4 rings (SSSR count). The summed E-state index contributed by atoms with van der Waals surface area (Å²) in [5, 5.41) is 1.59. The van der Waals surface area contributed by atoms with Gasteiger partial charge in [-0.25, -0.2) is 8.78 Å². The Balaban J connectivity index is 1.30. The number of benzene rings is 3. The Morgan fingerprint density at radius 1 is 0.784 bits per heavy atom. The molecule has 0 N–H and O–H groups in total. The van der Waals surface area contributed by atoms with Gasteiger partial charge in [0.25, 0.3) is 0 Å². The van der Waals surface area contributed by atoms with E-state index in [4.69, 9.17) is 16.3 Å². The molecule has 0 spiro atoms. The minimum Gasteiger partial charge on any atom is -0.492 e. The maximum Gasteiger partial charge on any atom is 0.142 e. The van der Waals surface area contributed by atoms with Crippen LogP contribution >= 0.6 is 11.6 Å². The summed E-state index contributed by atoms with van der Waals surface area (Å²) in [6, 6.07) is 18.4. The Morgan fingerprint density at radius 2 is 1.57 bits per heavy atom. The van der Waals surface area contributed by atoms with Gasteiger partial charge in [-0.05, 0) is 78.4 Å². The number of hydrogen-bond donors (Lipinski definition) is 0. The molecule has 0 aliphatic carbocycles. The fourth-order valence-electron chi connectivity index (χ4n) is 4.52. The molecule has 0 saturated heterocycles. The molecule has 0 saturated carbocycles. The Morgan fingerprint density at radius 3 is 2.35 bits per heavy atom. The Hall–Kier alpha value is -2.98. The second kappa shape index (κ2) is 13.5. The van der Waals surface area contributed by atoms with Crippen molar-refractivity contribution in [2.75, 3.05) is 6.61 Å². The molecule has 4 aromatic rings. The van der Waals surface area contributed by atoms with Crippen molar-refractivity contribution >= 4 is 22.4 Å². The van der Waals surface area contributed by atoms with Gasteiger partial charge >= 0.3 is 0 Å². The van der Waals surface area contributed by atoms with Crippen LogP contribution in [0, 0.1) is 11.6 Å². The second-order valence-electron chi connectivity index (χ2n) is 9.59. The number of nitrogens with zero attached hydrogens (tertiary/aromatic N) is 1. The highest BCUT2D eigenvalue weighted by Gasteiger charge is 2.10. The molecule has 3 aromatic carbocycles. The Bertz CT molecular complexity index is 1310. The lowest BCUT2D eigenvalue weighted by Gasteiger charge is -2.10. The third-order valence-electron chi connectivity index (χ3n) is 6.75. The van der Waals surface area contributed by atoms with Crippen molar-refractivity contribution in [3.8, 4) is 5.75 Å². The minimum atomic E-state index is -0.446. The van der Waals surface area contributed by atoms with Gasteiger partial charge in [-0.15, -0.1) is 0 Å². The zero-order valence-corrected chi connectivity index (χ0v) is 22.2. The van der Waals surface area contributed by atoms with E-state index in [0.717, 1.165) is 53.8 Å². The smallest absolute Gasteiger partial charge is 0.142 e. The number of aryl methyl sites for hydroxylation is 4. The monoisotopic (exact) mass is 521 g/mol. The molecule has 0 fully saturated rings. The number of halogens is 3. The number of fused-ring (bicyclic) bond motifs is 1. The highest BCUT2D eigenvalue weighted by Crippen LogP contribution is 2.25. The van der Waals surface area contributed by atoms with Gasteiger partial charge in [0.2, 0.25) is 0 Å². The highest BCUT2D eigenvalue weighted by molar-refractivity contribution is 6.30. The fraction of sp³-hybridized carbons (Fsp3) is 0.344. The largest absolute Gasteiger partial charge is 0.492 e. The summed E-state index contributed by atoms with van der Waals surface area (Å²) in [4.78, 5) is 4.55. The topological polar surface area (TPSA) is 22.1 Å². The maximum absolute atomic E-state index is 15.2. The van der Waals surface area contributed by atoms with Crippen molar-refractivity contribution in [1.29, 1.82) is 0 Å². The van der Waals surface area contributed by atoms with E-state index in [1.165, 1.54) is 31.7 Å². The molecular weight excluding hydrogens is 488 g/mol. The van der Waals surface area contributed by atoms with Crippen LogP contribution < -0.4 is 4.74 Å². The predicted molar refractivity (Wildman–Crippen MR) is 149 cm³/mol. The first kappa shape index (κ1) is 27.1. The van der Waals surface area contributed by atoms with Crippen LogP contribution in [-0.4, -0.2) is 11.6 Å². The zero-order chi connectivity index (χ0) is 26.0. The summed E-state index contributed by atoms with van der Waals surface area (Å²) < 4.78 is 34.7. The molecule has 1 aromatic heterocycles. The molecule has 0 unspecified atom stereocenters. The highest BCUT2D eigenvalue weighted by atomic mass is 35.5. The normalized spacial score (nSPS) is 11.2. The molecule has 0 atom stereocenters. The van der Waals surface area contributed by atoms with Gasteiger partial charge in [0.05, 0.1) is 17.8 Å². The van der Waals surface area contributed by atoms with Gasteiger partial charge in [-0.2, -0.15) is 0 Å². The van der Waals surface area contributed by atoms with Gasteiger partial charge in [-0.1, -0.05) is 80.6 Å². The quantitative estimate of drug-likeness (QED) is 0.164. The van der Waals surface area contributed by atoms with E-state index < -0.39 is 5.82 Å². The molecule has 2 nitrogen and oxygen atoms in total. The third-order valence-corrected chi connectivity index (χ3v) is 7.06. The average Bonchev–Trinajstić information content (AvgIpc) is 2.91. The van der Waals surface area contributed by atoms with E-state index in [1.807, 2.05) is 42.5 Å². The number of aromatic nitrogens is 1. The van der Waals surface area contributed by atoms with Gasteiger partial charge in [-0.3, -0.25) is 4.98 Å². The SMILES string of the molecule is CCCCCCCOc1ccc(CCc2ccc3c(F)c(CCc4ccc(Cl)c(F)c4)ccc3c2)nc1. The second-order valence-corrected chi connectivity index (χ2v) is 10.00. The van der Waals surface area contributed by atoms with Crippen molar-refractivity contribution in [1.82, 2.24) is 4.98 Å². The molecule has 0 amide bonds. The van der Waals surface area contributed by atoms with E-state index in [-0.39, 0.29) is 10.8 Å². The van der Waals surface area contributed by atoms with E-state index in [2.05, 4.69) is 11.9 Å². The van der Waals surface area contributed by atoms with E-state index in [0.29, 0.717) is 23.8 Å². The maximum atomic E-state index is 15.2. The van der Waals surface area contributed by atoms with Crippen LogP contribution in [0.25, 0.3) is 10.8 Å². The number of hydrogen-bond acceptors (Lipinski definition) is 2. The minimum absolute atomic E-state index is 0.0988. The van der Waals surface area contributed by atoms with Crippen LogP contribution in [0.15, 0.2) is 66.9 Å². The third kappa shape index (κ3) is 7.75. The molecule has 194 valence electrons. The Kier molecular flexibility index (Phi) is 9.90. The molecule has 5 heteroatoms. The summed E-state index contributed by atoms with van der Waals surface area (Å²) in [7, 11) is 0. The molecule has 0 bridgehead atoms. The number of unbranched alkanes of at least 4 members (excludes halogenated alkanes) is 4. The fourth-order valence-corrected chi connectivity index (χ4v) is 4.64. The van der Waals surface area contributed by atoms with Gasteiger partial charge < -0.3 is 4.74 Å². The molecule has 37 heavy (non-hydrogen) atoms. The number of pyridine rings is 1. The van der Waals surface area contributed by atoms with Gasteiger partial charge in [0, 0.05) is 11.1 Å². The first-order valence-corrected chi connectivity index (χ1v) is 13.6. The van der Waals surface area contributed by atoms with Crippen LogP contribution in [0.3, 0.4) is 0 Å². The zero-order valence-electron chi connectivity index (χ0n) is 21.4. The van der Waals surface area contributed by atoms with Gasteiger partial charge in [0.15, 0.2) is 0 Å². The van der Waals surface area contributed by atoms with Crippen molar-refractivity contribution in [2.24, 2.45) is 0 Å². The molecular formula is C32H34ClF2NO. The van der Waals surface area contributed by atoms with Gasteiger partial charge in [0.1, 0.15) is 17.4 Å². The summed E-state index contributed by atoms with van der Waals surface area (Å²) >= 11 is 5.75. The standard InChI is InChI=1S/C32H34ClF2NO/c1-2-3-4-5-6-19-37-28-16-15-27(36-22-28)14-8-23-9-17-29-26(20-23)13-12-25(32(29)35)11-7-24-10-18-30(33)31(34)21-24/h9-10,12-13,15-18,20-22H,2-8,11,14,19H2,1H3. The van der Waals surface area contributed by atoms with Crippen LogP contribution in [0.2, 0.25) is 5.02 Å². The first-order chi connectivity index (χ1) is 18.0. The van der Waals surface area contributed by atoms with Crippen molar-refractivity contribution in [2.45, 2.75) is 64.7 Å². The van der Waals surface area contributed by atoms with Crippen LogP contribution in [0.1, 0.15) is 61.4 Å². The number of ether oxygens (including phenoxy) is 1. The predicted octanol–water partition coefficient (Wildman–Crippen LogP) is 9.09. The van der Waals surface area contributed by atoms with E-state index >= 15 is 4.39 Å². The van der Waals surface area contributed by atoms with E-state index in [9.17, 15) is 4.39 Å². The van der Waals surface area contributed by atoms with Crippen molar-refractivity contribution in [3.63, 3.8) is 0 Å². The lowest BCUT2D eigenvalue weighted by molar-refractivity contribution is 0.303. The molecule has 0 radical (unpaired) electrons. The number of rotatable bonds is 13. The lowest BCUT2D eigenvalue weighted by atomic mass is 9.98. The van der Waals surface area contributed by atoms with Crippen LogP contribution in [0.4, 0.5) is 8.78 Å². The van der Waals surface area contributed by atoms with E-state index in [1.54, 1.807) is 18.3 Å². The van der Waals surface area contributed by atoms with Crippen LogP contribution in [-0.2, 0) is 25.7 Å². The average molecular weight is 522 g/mol. The summed E-state index contributed by atoms with van der Waals surface area (Å²) in [6.07, 6.45) is 10.6. The summed E-state index contributed by atoms with van der Waals surface area (Å²) in [5.41, 5.74) is 3.58. The summed E-state index contributed by atoms with van der Waals surface area (Å²) in [5.74, 6) is 0.164. The molecule has 1 heterocycles.